The Kier molecular flexibility index (Phi) is 4.74. The minimum absolute atomic E-state index is 0.765. The summed E-state index contributed by atoms with van der Waals surface area (Å²) < 4.78 is 10.9. The van der Waals surface area contributed by atoms with E-state index in [1.165, 1.54) is 11.1 Å². The quantitative estimate of drug-likeness (QED) is 0.764. The maximum Gasteiger partial charge on any atom is 0.127 e. The van der Waals surface area contributed by atoms with E-state index in [1.54, 1.807) is 19.6 Å². The Bertz CT molecular complexity index is 620. The number of ether oxygens (including phenoxy) is 2. The number of aryl methyl sites for hydroxylation is 1. The Morgan fingerprint density at radius 1 is 1.00 bits per heavy atom. The topological polar surface area (TPSA) is 18.5 Å². The fourth-order valence-corrected chi connectivity index (χ4v) is 2.50. The molecule has 3 heteroatoms. The van der Waals surface area contributed by atoms with Gasteiger partial charge in [0.05, 0.1) is 14.2 Å². The first-order chi connectivity index (χ1) is 9.74. The number of benzene rings is 2. The molecule has 0 heterocycles. The molecule has 0 aromatic heterocycles. The fourth-order valence-electron chi connectivity index (χ4n) is 2.32. The second-order valence-corrected chi connectivity index (χ2v) is 4.66. The summed E-state index contributed by atoms with van der Waals surface area (Å²) in [4.78, 5) is 0. The molecule has 0 saturated heterocycles. The zero-order valence-corrected chi connectivity index (χ0v) is 12.8. The summed E-state index contributed by atoms with van der Waals surface area (Å²) in [5.41, 5.74) is 4.34. The summed E-state index contributed by atoms with van der Waals surface area (Å²) in [6.07, 6.45) is 0.969. The van der Waals surface area contributed by atoms with E-state index >= 15 is 0 Å². The maximum atomic E-state index is 5.52. The van der Waals surface area contributed by atoms with E-state index in [0.29, 0.717) is 0 Å². The van der Waals surface area contributed by atoms with Crippen molar-refractivity contribution in [1.82, 2.24) is 0 Å². The largest absolute Gasteiger partial charge is 0.496 e. The highest BCUT2D eigenvalue weighted by Gasteiger charge is 2.13. The Morgan fingerprint density at radius 2 is 1.70 bits per heavy atom. The fraction of sp³-hybridized carbons (Fsp3) is 0.235. The van der Waals surface area contributed by atoms with Gasteiger partial charge >= 0.3 is 0 Å². The van der Waals surface area contributed by atoms with Crippen LogP contribution in [-0.4, -0.2) is 19.6 Å². The molecule has 0 radical (unpaired) electrons. The lowest BCUT2D eigenvalue weighted by molar-refractivity contribution is 0.404. The van der Waals surface area contributed by atoms with Gasteiger partial charge in [0, 0.05) is 16.5 Å². The van der Waals surface area contributed by atoms with E-state index in [2.05, 4.69) is 25.1 Å². The first-order valence-corrected chi connectivity index (χ1v) is 7.01. The van der Waals surface area contributed by atoms with Crippen LogP contribution in [0.2, 0.25) is 0 Å². The van der Waals surface area contributed by atoms with E-state index in [1.807, 2.05) is 18.2 Å². The van der Waals surface area contributed by atoms with Crippen molar-refractivity contribution >= 4 is 17.6 Å². The van der Waals surface area contributed by atoms with Gasteiger partial charge in [0.25, 0.3) is 0 Å². The third kappa shape index (κ3) is 2.68. The minimum Gasteiger partial charge on any atom is -0.496 e. The highest BCUT2D eigenvalue weighted by Crippen LogP contribution is 2.37. The van der Waals surface area contributed by atoms with Crippen LogP contribution in [0.1, 0.15) is 18.1 Å². The van der Waals surface area contributed by atoms with Gasteiger partial charge in [-0.1, -0.05) is 43.4 Å². The predicted octanol–water partition coefficient (Wildman–Crippen LogP) is 4.28. The lowest BCUT2D eigenvalue weighted by atomic mass is 9.96. The van der Waals surface area contributed by atoms with Gasteiger partial charge in [0.1, 0.15) is 11.5 Å². The Balaban J connectivity index is 2.69. The number of rotatable bonds is 5. The Morgan fingerprint density at radius 3 is 2.30 bits per heavy atom. The van der Waals surface area contributed by atoms with Crippen molar-refractivity contribution in [3.05, 3.63) is 47.5 Å². The van der Waals surface area contributed by atoms with Crippen LogP contribution >= 0.6 is 12.2 Å². The molecule has 20 heavy (non-hydrogen) atoms. The van der Waals surface area contributed by atoms with E-state index in [9.17, 15) is 0 Å². The Hall–Kier alpha value is -1.87. The normalized spacial score (nSPS) is 10.2. The van der Waals surface area contributed by atoms with Gasteiger partial charge in [0.2, 0.25) is 0 Å². The van der Waals surface area contributed by atoms with Gasteiger partial charge in [-0.15, -0.1) is 0 Å². The predicted molar refractivity (Wildman–Crippen MR) is 87.1 cm³/mol. The summed E-state index contributed by atoms with van der Waals surface area (Å²) >= 11 is 5.03. The molecule has 0 bridgehead atoms. The summed E-state index contributed by atoms with van der Waals surface area (Å²) in [7, 11) is 3.33. The van der Waals surface area contributed by atoms with Gasteiger partial charge in [-0.25, -0.2) is 0 Å². The van der Waals surface area contributed by atoms with Crippen LogP contribution in [-0.2, 0) is 6.42 Å². The van der Waals surface area contributed by atoms with Crippen LogP contribution in [0.4, 0.5) is 0 Å². The summed E-state index contributed by atoms with van der Waals surface area (Å²) in [5, 5.41) is 1.61. The molecule has 0 fully saturated rings. The molecule has 0 N–H and O–H groups in total. The van der Waals surface area contributed by atoms with Crippen LogP contribution < -0.4 is 9.47 Å². The average Bonchev–Trinajstić information content (AvgIpc) is 2.53. The zero-order chi connectivity index (χ0) is 14.5. The third-order valence-corrected chi connectivity index (χ3v) is 3.62. The molecule has 0 aliphatic heterocycles. The molecule has 0 aliphatic rings. The molecule has 2 aromatic rings. The van der Waals surface area contributed by atoms with E-state index in [4.69, 9.17) is 21.7 Å². The zero-order valence-electron chi connectivity index (χ0n) is 12.0. The van der Waals surface area contributed by atoms with Crippen LogP contribution in [0.25, 0.3) is 11.1 Å². The summed E-state index contributed by atoms with van der Waals surface area (Å²) in [5.74, 6) is 1.57. The van der Waals surface area contributed by atoms with E-state index in [-0.39, 0.29) is 0 Å². The van der Waals surface area contributed by atoms with Crippen molar-refractivity contribution in [3.63, 3.8) is 0 Å². The molecular formula is C17H18O2S. The van der Waals surface area contributed by atoms with Crippen LogP contribution in [0.5, 0.6) is 11.5 Å². The number of hydrogen-bond acceptors (Lipinski definition) is 3. The molecule has 2 rings (SSSR count). The van der Waals surface area contributed by atoms with Crippen molar-refractivity contribution in [3.8, 4) is 22.6 Å². The summed E-state index contributed by atoms with van der Waals surface area (Å²) in [6, 6.07) is 12.2. The first kappa shape index (κ1) is 14.5. The number of thiocarbonyl (C=S) groups is 1. The molecule has 2 nitrogen and oxygen atoms in total. The molecular weight excluding hydrogens is 268 g/mol. The summed E-state index contributed by atoms with van der Waals surface area (Å²) in [6.45, 7) is 2.15. The van der Waals surface area contributed by atoms with E-state index < -0.39 is 0 Å². The second-order valence-electron chi connectivity index (χ2n) is 4.42. The van der Waals surface area contributed by atoms with Gasteiger partial charge in [-0.3, -0.25) is 0 Å². The molecule has 104 valence electrons. The molecule has 0 atom stereocenters. The lowest BCUT2D eigenvalue weighted by Crippen LogP contribution is -1.96. The monoisotopic (exact) mass is 286 g/mol. The average molecular weight is 286 g/mol. The smallest absolute Gasteiger partial charge is 0.127 e. The Labute approximate surface area is 125 Å². The number of methoxy groups -OCH3 is 2. The van der Waals surface area contributed by atoms with Gasteiger partial charge in [-0.05, 0) is 29.7 Å². The van der Waals surface area contributed by atoms with Crippen molar-refractivity contribution in [1.29, 1.82) is 0 Å². The van der Waals surface area contributed by atoms with Gasteiger partial charge in [0.15, 0.2) is 0 Å². The van der Waals surface area contributed by atoms with Gasteiger partial charge < -0.3 is 9.47 Å². The molecule has 0 saturated carbocycles. The highest BCUT2D eigenvalue weighted by atomic mass is 32.1. The van der Waals surface area contributed by atoms with Crippen molar-refractivity contribution in [2.45, 2.75) is 13.3 Å². The van der Waals surface area contributed by atoms with Crippen LogP contribution in [0, 0.1) is 0 Å². The maximum absolute atomic E-state index is 5.52. The van der Waals surface area contributed by atoms with Crippen molar-refractivity contribution < 1.29 is 9.47 Å². The first-order valence-electron chi connectivity index (χ1n) is 6.54. The van der Waals surface area contributed by atoms with Crippen molar-refractivity contribution in [2.24, 2.45) is 0 Å². The molecule has 0 aliphatic carbocycles. The molecule has 0 unspecified atom stereocenters. The standard InChI is InChI=1S/C17H18O2S/c1-4-12-7-5-6-8-14(12)15-10-16(18-2)13(11-20)9-17(15)19-3/h5-11H,4H2,1-3H3. The second kappa shape index (κ2) is 6.53. The van der Waals surface area contributed by atoms with Gasteiger partial charge in [-0.2, -0.15) is 0 Å². The molecule has 0 amide bonds. The molecule has 2 aromatic carbocycles. The van der Waals surface area contributed by atoms with Crippen molar-refractivity contribution in [2.75, 3.05) is 14.2 Å². The minimum atomic E-state index is 0.765. The number of hydrogen-bond donors (Lipinski definition) is 0. The lowest BCUT2D eigenvalue weighted by Gasteiger charge is -2.15. The van der Waals surface area contributed by atoms with E-state index in [0.717, 1.165) is 29.0 Å². The van der Waals surface area contributed by atoms with Crippen LogP contribution in [0.3, 0.4) is 0 Å². The van der Waals surface area contributed by atoms with Crippen LogP contribution in [0.15, 0.2) is 36.4 Å². The third-order valence-electron chi connectivity index (χ3n) is 3.37. The highest BCUT2D eigenvalue weighted by molar-refractivity contribution is 7.79. The molecule has 0 spiro atoms. The SMILES string of the molecule is CCc1ccccc1-c1cc(OC)c(C=S)cc1OC.